The predicted molar refractivity (Wildman–Crippen MR) is 66.7 cm³/mol. The number of thiazole rings is 1. The highest BCUT2D eigenvalue weighted by Crippen LogP contribution is 2.11. The highest BCUT2D eigenvalue weighted by Gasteiger charge is 2.09. The summed E-state index contributed by atoms with van der Waals surface area (Å²) in [6.45, 7) is 2.42. The van der Waals surface area contributed by atoms with Gasteiger partial charge in [0.05, 0.1) is 0 Å². The SMILES string of the molecule is Cc1cnccc1CNC(=O)c1csc(N)n1. The quantitative estimate of drug-likeness (QED) is 0.859. The first-order valence-corrected chi connectivity index (χ1v) is 5.93. The maximum atomic E-state index is 11.7. The van der Waals surface area contributed by atoms with Crippen molar-refractivity contribution in [2.75, 3.05) is 5.73 Å². The number of nitrogens with zero attached hydrogens (tertiary/aromatic N) is 2. The molecule has 0 bridgehead atoms. The Morgan fingerprint density at radius 1 is 1.59 bits per heavy atom. The van der Waals surface area contributed by atoms with Crippen molar-refractivity contribution in [1.29, 1.82) is 0 Å². The lowest BCUT2D eigenvalue weighted by Crippen LogP contribution is -2.23. The minimum Gasteiger partial charge on any atom is -0.375 e. The van der Waals surface area contributed by atoms with Crippen LogP contribution in [0.15, 0.2) is 23.8 Å². The lowest BCUT2D eigenvalue weighted by atomic mass is 10.1. The third kappa shape index (κ3) is 2.79. The van der Waals surface area contributed by atoms with Gasteiger partial charge in [0.2, 0.25) is 0 Å². The monoisotopic (exact) mass is 248 g/mol. The molecule has 0 aliphatic carbocycles. The third-order valence-corrected chi connectivity index (χ3v) is 3.00. The number of carbonyl (C=O) groups is 1. The van der Waals surface area contributed by atoms with E-state index in [9.17, 15) is 4.79 Å². The number of nitrogens with one attached hydrogen (secondary N) is 1. The zero-order chi connectivity index (χ0) is 12.3. The van der Waals surface area contributed by atoms with Gasteiger partial charge in [0, 0.05) is 24.3 Å². The molecule has 1 amide bonds. The van der Waals surface area contributed by atoms with Crippen LogP contribution in [0.5, 0.6) is 0 Å². The van der Waals surface area contributed by atoms with Crippen LogP contribution in [-0.2, 0) is 6.54 Å². The lowest BCUT2D eigenvalue weighted by molar-refractivity contribution is 0.0946. The van der Waals surface area contributed by atoms with Gasteiger partial charge in [-0.25, -0.2) is 4.98 Å². The van der Waals surface area contributed by atoms with Gasteiger partial charge in [-0.05, 0) is 24.1 Å². The van der Waals surface area contributed by atoms with Gasteiger partial charge in [-0.15, -0.1) is 11.3 Å². The van der Waals surface area contributed by atoms with Crippen LogP contribution in [-0.4, -0.2) is 15.9 Å². The summed E-state index contributed by atoms with van der Waals surface area (Å²) in [7, 11) is 0. The first kappa shape index (κ1) is 11.5. The standard InChI is InChI=1S/C11H12N4OS/c1-7-4-13-3-2-8(7)5-14-10(16)9-6-17-11(12)15-9/h2-4,6H,5H2,1H3,(H2,12,15)(H,14,16). The Morgan fingerprint density at radius 3 is 3.06 bits per heavy atom. The molecule has 0 aliphatic heterocycles. The number of hydrogen-bond acceptors (Lipinski definition) is 5. The lowest BCUT2D eigenvalue weighted by Gasteiger charge is -2.05. The van der Waals surface area contributed by atoms with Crippen LogP contribution >= 0.6 is 11.3 Å². The molecule has 17 heavy (non-hydrogen) atoms. The van der Waals surface area contributed by atoms with Gasteiger partial charge in [-0.1, -0.05) is 0 Å². The summed E-state index contributed by atoms with van der Waals surface area (Å²) in [6, 6.07) is 1.88. The Morgan fingerprint density at radius 2 is 2.41 bits per heavy atom. The number of nitrogens with two attached hydrogens (primary N) is 1. The minimum atomic E-state index is -0.214. The fourth-order valence-corrected chi connectivity index (χ4v) is 1.90. The summed E-state index contributed by atoms with van der Waals surface area (Å²) in [5.41, 5.74) is 7.91. The topological polar surface area (TPSA) is 80.9 Å². The van der Waals surface area contributed by atoms with E-state index in [1.165, 1.54) is 11.3 Å². The Balaban J connectivity index is 1.99. The Bertz CT molecular complexity index is 538. The second-order valence-electron chi connectivity index (χ2n) is 3.56. The summed E-state index contributed by atoms with van der Waals surface area (Å²) in [5, 5.41) is 4.83. The number of amides is 1. The normalized spacial score (nSPS) is 10.2. The van der Waals surface area contributed by atoms with Crippen molar-refractivity contribution in [3.63, 3.8) is 0 Å². The molecule has 0 saturated heterocycles. The summed E-state index contributed by atoms with van der Waals surface area (Å²) < 4.78 is 0. The molecule has 2 aromatic rings. The van der Waals surface area contributed by atoms with Gasteiger partial charge in [0.25, 0.3) is 5.91 Å². The van der Waals surface area contributed by atoms with Gasteiger partial charge in [0.15, 0.2) is 5.13 Å². The average Bonchev–Trinajstić information content (AvgIpc) is 2.74. The number of aryl methyl sites for hydroxylation is 1. The number of carbonyl (C=O) groups excluding carboxylic acids is 1. The largest absolute Gasteiger partial charge is 0.375 e. The molecular weight excluding hydrogens is 236 g/mol. The smallest absolute Gasteiger partial charge is 0.271 e. The van der Waals surface area contributed by atoms with Crippen LogP contribution in [0.25, 0.3) is 0 Å². The average molecular weight is 248 g/mol. The summed E-state index contributed by atoms with van der Waals surface area (Å²) in [6.07, 6.45) is 3.47. The molecular formula is C11H12N4OS. The fraction of sp³-hybridized carbons (Fsp3) is 0.182. The van der Waals surface area contributed by atoms with Gasteiger partial charge in [-0.2, -0.15) is 0 Å². The first-order valence-electron chi connectivity index (χ1n) is 5.05. The van der Waals surface area contributed by atoms with Crippen LogP contribution < -0.4 is 11.1 Å². The molecule has 6 heteroatoms. The van der Waals surface area contributed by atoms with Gasteiger partial charge < -0.3 is 11.1 Å². The second kappa shape index (κ2) is 4.92. The fourth-order valence-electron chi connectivity index (χ4n) is 1.36. The highest BCUT2D eigenvalue weighted by molar-refractivity contribution is 7.13. The molecule has 0 spiro atoms. The molecule has 5 nitrogen and oxygen atoms in total. The first-order chi connectivity index (χ1) is 8.16. The summed E-state index contributed by atoms with van der Waals surface area (Å²) in [4.78, 5) is 19.6. The molecule has 3 N–H and O–H groups in total. The number of nitrogen functional groups attached to an aromatic ring is 1. The van der Waals surface area contributed by atoms with E-state index in [1.54, 1.807) is 17.8 Å². The van der Waals surface area contributed by atoms with E-state index >= 15 is 0 Å². The molecule has 2 heterocycles. The number of pyridine rings is 1. The Kier molecular flexibility index (Phi) is 3.34. The van der Waals surface area contributed by atoms with Crippen molar-refractivity contribution in [2.24, 2.45) is 0 Å². The molecule has 0 aromatic carbocycles. The van der Waals surface area contributed by atoms with Crippen molar-refractivity contribution >= 4 is 22.4 Å². The molecule has 0 aliphatic rings. The van der Waals surface area contributed by atoms with Crippen molar-refractivity contribution in [3.8, 4) is 0 Å². The second-order valence-corrected chi connectivity index (χ2v) is 4.45. The summed E-state index contributed by atoms with van der Waals surface area (Å²) in [5.74, 6) is -0.214. The van der Waals surface area contributed by atoms with E-state index in [4.69, 9.17) is 5.73 Å². The van der Waals surface area contributed by atoms with Crippen molar-refractivity contribution in [2.45, 2.75) is 13.5 Å². The highest BCUT2D eigenvalue weighted by atomic mass is 32.1. The van der Waals surface area contributed by atoms with Crippen LogP contribution in [0.2, 0.25) is 0 Å². The number of rotatable bonds is 3. The number of hydrogen-bond donors (Lipinski definition) is 2. The minimum absolute atomic E-state index is 0.214. The van der Waals surface area contributed by atoms with E-state index in [0.29, 0.717) is 17.4 Å². The van der Waals surface area contributed by atoms with Gasteiger partial charge in [-0.3, -0.25) is 9.78 Å². The molecule has 0 unspecified atom stereocenters. The van der Waals surface area contributed by atoms with Crippen molar-refractivity contribution < 1.29 is 4.79 Å². The van der Waals surface area contributed by atoms with E-state index in [-0.39, 0.29) is 5.91 Å². The maximum absolute atomic E-state index is 11.7. The predicted octanol–water partition coefficient (Wildman–Crippen LogP) is 1.36. The third-order valence-electron chi connectivity index (χ3n) is 2.33. The molecule has 0 saturated carbocycles. The zero-order valence-corrected chi connectivity index (χ0v) is 10.1. The number of aromatic nitrogens is 2. The van der Waals surface area contributed by atoms with Crippen molar-refractivity contribution in [3.05, 3.63) is 40.7 Å². The van der Waals surface area contributed by atoms with Crippen LogP contribution in [0.4, 0.5) is 5.13 Å². The van der Waals surface area contributed by atoms with Gasteiger partial charge >= 0.3 is 0 Å². The molecule has 0 atom stereocenters. The molecule has 88 valence electrons. The molecule has 2 rings (SSSR count). The van der Waals surface area contributed by atoms with Crippen molar-refractivity contribution in [1.82, 2.24) is 15.3 Å². The Labute approximate surface area is 103 Å². The maximum Gasteiger partial charge on any atom is 0.271 e. The van der Waals surface area contributed by atoms with Crippen LogP contribution in [0.3, 0.4) is 0 Å². The number of anilines is 1. The van der Waals surface area contributed by atoms with E-state index < -0.39 is 0 Å². The molecule has 0 radical (unpaired) electrons. The summed E-state index contributed by atoms with van der Waals surface area (Å²) >= 11 is 1.25. The van der Waals surface area contributed by atoms with E-state index in [1.807, 2.05) is 13.0 Å². The van der Waals surface area contributed by atoms with Gasteiger partial charge in [0.1, 0.15) is 5.69 Å². The van der Waals surface area contributed by atoms with Crippen LogP contribution in [0, 0.1) is 6.92 Å². The van der Waals surface area contributed by atoms with Crippen LogP contribution in [0.1, 0.15) is 21.6 Å². The molecule has 0 fully saturated rings. The Hall–Kier alpha value is -1.95. The molecule has 2 aromatic heterocycles. The van der Waals surface area contributed by atoms with E-state index in [0.717, 1.165) is 11.1 Å². The zero-order valence-electron chi connectivity index (χ0n) is 9.30. The van der Waals surface area contributed by atoms with E-state index in [2.05, 4.69) is 15.3 Å².